The van der Waals surface area contributed by atoms with Crippen molar-refractivity contribution >= 4 is 154 Å². The number of hydrogen-bond donors (Lipinski definition) is 0. The van der Waals surface area contributed by atoms with Gasteiger partial charge in [-0.15, -0.1) is 0 Å². The van der Waals surface area contributed by atoms with Crippen LogP contribution in [0.5, 0.6) is 0 Å². The molecule has 0 aliphatic rings. The van der Waals surface area contributed by atoms with E-state index in [0.29, 0.717) is 0 Å². The van der Waals surface area contributed by atoms with Crippen LogP contribution in [0.2, 0.25) is 0 Å². The molecule has 0 unspecified atom stereocenters. The second-order valence-corrected chi connectivity index (χ2v) is 19.2. The minimum atomic E-state index is 0.880. The molecule has 0 saturated heterocycles. The Balaban J connectivity index is 0.968. The van der Waals surface area contributed by atoms with Crippen molar-refractivity contribution in [1.29, 1.82) is 0 Å². The molecular formula is C66H38N4O2. The Morgan fingerprint density at radius 3 is 1.00 bits per heavy atom. The molecule has 0 N–H and O–H groups in total. The van der Waals surface area contributed by atoms with Gasteiger partial charge in [-0.05, 0) is 121 Å². The van der Waals surface area contributed by atoms with Crippen LogP contribution in [0.1, 0.15) is 0 Å². The van der Waals surface area contributed by atoms with Crippen LogP contribution in [-0.2, 0) is 0 Å². The van der Waals surface area contributed by atoms with Crippen LogP contribution in [0.25, 0.3) is 120 Å². The Morgan fingerprint density at radius 1 is 0.236 bits per heavy atom. The molecule has 6 heteroatoms. The lowest BCUT2D eigenvalue weighted by Crippen LogP contribution is -2.09. The number of hydrogen-bond acceptors (Lipinski definition) is 4. The number of furan rings is 2. The molecule has 0 fully saturated rings. The molecule has 0 radical (unpaired) electrons. The van der Waals surface area contributed by atoms with E-state index in [1.807, 2.05) is 24.3 Å². The average Bonchev–Trinajstić information content (AvgIpc) is 4.28. The molecule has 0 spiro atoms. The van der Waals surface area contributed by atoms with E-state index in [0.717, 1.165) is 78.0 Å². The van der Waals surface area contributed by atoms with Gasteiger partial charge in [0.25, 0.3) is 0 Å². The van der Waals surface area contributed by atoms with Gasteiger partial charge < -0.3 is 27.4 Å². The summed E-state index contributed by atoms with van der Waals surface area (Å²) in [5.74, 6) is 0. The van der Waals surface area contributed by atoms with Crippen molar-refractivity contribution in [2.75, 3.05) is 9.80 Å². The van der Waals surface area contributed by atoms with Gasteiger partial charge in [-0.2, -0.15) is 0 Å². The van der Waals surface area contributed by atoms with E-state index in [4.69, 9.17) is 8.83 Å². The number of aromatic nitrogens is 2. The molecule has 6 nitrogen and oxygen atoms in total. The summed E-state index contributed by atoms with van der Waals surface area (Å²) in [6.45, 7) is 0. The molecule has 6 aromatic heterocycles. The monoisotopic (exact) mass is 918 g/mol. The van der Waals surface area contributed by atoms with Crippen molar-refractivity contribution < 1.29 is 8.83 Å². The van der Waals surface area contributed by atoms with Crippen LogP contribution in [0.15, 0.2) is 239 Å². The third-order valence-corrected chi connectivity index (χ3v) is 15.5. The van der Waals surface area contributed by atoms with Crippen molar-refractivity contribution in [1.82, 2.24) is 8.80 Å². The number of benzene rings is 11. The van der Waals surface area contributed by atoms with Crippen molar-refractivity contribution in [3.63, 3.8) is 0 Å². The molecule has 17 rings (SSSR count). The summed E-state index contributed by atoms with van der Waals surface area (Å²) in [6, 6.07) is 83.4. The normalized spacial score (nSPS) is 12.4. The van der Waals surface area contributed by atoms with E-state index >= 15 is 0 Å². The standard InChI is InChI=1S/C66H38N4O2/c1-3-15-39(16-4-1)67(43-29-33-59-49(35-43)45-19-9-13-25-57(45)71-59)41-27-31-55-51(37-41)63-61-47-21-7-12-24-54(47)70-56-32-28-42(38-52(56)64(66(61)70)62-48-22-8-11-23-53(48)69(55)65(62)63)68(40-17-5-2-6-18-40)44-30-34-60-50(36-44)46-20-10-14-26-58(46)72-60/h1-38H. The number of anilines is 6. The Hall–Kier alpha value is -9.78. The highest BCUT2D eigenvalue weighted by molar-refractivity contribution is 6.45. The Bertz CT molecular complexity index is 4740. The fourth-order valence-electron chi connectivity index (χ4n) is 12.6. The van der Waals surface area contributed by atoms with Crippen LogP contribution < -0.4 is 9.80 Å². The predicted molar refractivity (Wildman–Crippen MR) is 300 cm³/mol. The fourth-order valence-corrected chi connectivity index (χ4v) is 12.6. The van der Waals surface area contributed by atoms with Crippen LogP contribution in [0, 0.1) is 0 Å². The molecule has 334 valence electrons. The summed E-state index contributed by atoms with van der Waals surface area (Å²) in [5.41, 5.74) is 17.3. The van der Waals surface area contributed by atoms with Gasteiger partial charge in [-0.1, -0.05) is 109 Å². The average molecular weight is 919 g/mol. The van der Waals surface area contributed by atoms with Crippen molar-refractivity contribution in [3.05, 3.63) is 231 Å². The summed E-state index contributed by atoms with van der Waals surface area (Å²) >= 11 is 0. The van der Waals surface area contributed by atoms with E-state index in [9.17, 15) is 0 Å². The molecule has 6 heterocycles. The molecule has 0 amide bonds. The molecule has 0 atom stereocenters. The predicted octanol–water partition coefficient (Wildman–Crippen LogP) is 18.7. The maximum absolute atomic E-state index is 6.32. The van der Waals surface area contributed by atoms with Gasteiger partial charge in [0.1, 0.15) is 22.3 Å². The molecule has 72 heavy (non-hydrogen) atoms. The lowest BCUT2D eigenvalue weighted by Gasteiger charge is -2.25. The summed E-state index contributed by atoms with van der Waals surface area (Å²) in [7, 11) is 0. The van der Waals surface area contributed by atoms with Gasteiger partial charge in [0.15, 0.2) is 0 Å². The maximum Gasteiger partial charge on any atom is 0.135 e. The highest BCUT2D eigenvalue weighted by Gasteiger charge is 2.30. The minimum Gasteiger partial charge on any atom is -0.456 e. The second-order valence-electron chi connectivity index (χ2n) is 19.2. The van der Waals surface area contributed by atoms with Crippen LogP contribution in [0.4, 0.5) is 34.1 Å². The highest BCUT2D eigenvalue weighted by Crippen LogP contribution is 2.53. The summed E-state index contributed by atoms with van der Waals surface area (Å²) in [5, 5.41) is 14.5. The lowest BCUT2D eigenvalue weighted by molar-refractivity contribution is 0.668. The van der Waals surface area contributed by atoms with Gasteiger partial charge in [0.2, 0.25) is 0 Å². The molecular weight excluding hydrogens is 881 g/mol. The number of para-hydroxylation sites is 6. The number of nitrogens with zero attached hydrogens (tertiary/aromatic N) is 4. The van der Waals surface area contributed by atoms with Crippen molar-refractivity contribution in [3.8, 4) is 0 Å². The first kappa shape index (κ1) is 38.1. The zero-order valence-corrected chi connectivity index (χ0v) is 38.5. The van der Waals surface area contributed by atoms with Crippen molar-refractivity contribution in [2.45, 2.75) is 0 Å². The zero-order valence-electron chi connectivity index (χ0n) is 38.5. The topological polar surface area (TPSA) is 41.6 Å². The summed E-state index contributed by atoms with van der Waals surface area (Å²) in [6.07, 6.45) is 0. The van der Waals surface area contributed by atoms with Gasteiger partial charge >= 0.3 is 0 Å². The van der Waals surface area contributed by atoms with Crippen LogP contribution >= 0.6 is 0 Å². The second kappa shape index (κ2) is 13.9. The zero-order chi connectivity index (χ0) is 46.8. The van der Waals surface area contributed by atoms with E-state index in [1.54, 1.807) is 0 Å². The van der Waals surface area contributed by atoms with Crippen molar-refractivity contribution in [2.24, 2.45) is 0 Å². The molecule has 11 aromatic carbocycles. The highest BCUT2D eigenvalue weighted by atomic mass is 16.3. The SMILES string of the molecule is c1ccc(N(c2ccc3oc4ccccc4c3c2)c2ccc3c(c2)c2c4c5ccccc5n5c6ccc(N(c7ccccc7)c7ccc8oc9ccccc9c8c7)cc6c(c6c7ccccc7n3c62)c45)cc1. The van der Waals surface area contributed by atoms with Gasteiger partial charge in [-0.3, -0.25) is 0 Å². The third-order valence-electron chi connectivity index (χ3n) is 15.5. The molecule has 0 aliphatic heterocycles. The van der Waals surface area contributed by atoms with Gasteiger partial charge in [-0.25, -0.2) is 0 Å². The first-order valence-electron chi connectivity index (χ1n) is 24.6. The molecule has 0 bridgehead atoms. The van der Waals surface area contributed by atoms with Gasteiger partial charge in [0.05, 0.1) is 33.1 Å². The molecule has 0 aliphatic carbocycles. The van der Waals surface area contributed by atoms with Gasteiger partial charge in [0, 0.05) is 98.8 Å². The number of fused-ring (bicyclic) bond motifs is 20. The molecule has 17 aromatic rings. The van der Waals surface area contributed by atoms with E-state index < -0.39 is 0 Å². The van der Waals surface area contributed by atoms with E-state index in [1.165, 1.54) is 76.2 Å². The smallest absolute Gasteiger partial charge is 0.135 e. The third kappa shape index (κ3) is 4.97. The Kier molecular flexibility index (Phi) is 7.38. The van der Waals surface area contributed by atoms with Crippen LogP contribution in [0.3, 0.4) is 0 Å². The Morgan fingerprint density at radius 2 is 0.556 bits per heavy atom. The van der Waals surface area contributed by atoms with E-state index in [2.05, 4.69) is 225 Å². The summed E-state index contributed by atoms with van der Waals surface area (Å²) < 4.78 is 17.7. The first-order chi connectivity index (χ1) is 35.7. The summed E-state index contributed by atoms with van der Waals surface area (Å²) in [4.78, 5) is 4.78. The molecule has 0 saturated carbocycles. The Labute approximate surface area is 410 Å². The van der Waals surface area contributed by atoms with Crippen LogP contribution in [-0.4, -0.2) is 8.80 Å². The number of rotatable bonds is 6. The maximum atomic E-state index is 6.32. The lowest BCUT2D eigenvalue weighted by atomic mass is 9.97. The van der Waals surface area contributed by atoms with E-state index in [-0.39, 0.29) is 0 Å². The largest absolute Gasteiger partial charge is 0.456 e. The minimum absolute atomic E-state index is 0.880. The quantitative estimate of drug-likeness (QED) is 0.167. The first-order valence-corrected chi connectivity index (χ1v) is 24.6. The fraction of sp³-hybridized carbons (Fsp3) is 0.